The van der Waals surface area contributed by atoms with E-state index in [1.54, 1.807) is 0 Å². The molecule has 0 atom stereocenters. The zero-order chi connectivity index (χ0) is 17.2. The number of nitro groups is 1. The molecule has 0 unspecified atom stereocenters. The van der Waals surface area contributed by atoms with Crippen LogP contribution in [0, 0.1) is 10.1 Å². The van der Waals surface area contributed by atoms with Gasteiger partial charge in [0.2, 0.25) is 5.75 Å². The van der Waals surface area contributed by atoms with E-state index in [-0.39, 0.29) is 0 Å². The number of hydrogen-bond acceptors (Lipinski definition) is 4. The van der Waals surface area contributed by atoms with Crippen molar-refractivity contribution in [2.75, 3.05) is 0 Å². The first-order valence-corrected chi connectivity index (χ1v) is 6.06. The van der Waals surface area contributed by atoms with Crippen LogP contribution in [0.4, 0.5) is 18.9 Å². The van der Waals surface area contributed by atoms with Gasteiger partial charge in [-0.15, -0.1) is 0 Å². The maximum atomic E-state index is 12.9. The van der Waals surface area contributed by atoms with E-state index >= 15 is 0 Å². The third-order valence-electron chi connectivity index (χ3n) is 2.82. The van der Waals surface area contributed by atoms with Gasteiger partial charge in [0.15, 0.2) is 0 Å². The highest BCUT2D eigenvalue weighted by Gasteiger charge is 2.35. The van der Waals surface area contributed by atoms with E-state index < -0.39 is 45.4 Å². The number of para-hydroxylation sites is 2. The molecule has 0 aromatic heterocycles. The number of rotatable bonds is 4. The first-order valence-electron chi connectivity index (χ1n) is 6.06. The van der Waals surface area contributed by atoms with Gasteiger partial charge in [-0.25, -0.2) is 4.79 Å². The molecule has 2 rings (SSSR count). The second-order valence-electron chi connectivity index (χ2n) is 4.31. The molecule has 0 fully saturated rings. The van der Waals surface area contributed by atoms with Crippen LogP contribution in [0.15, 0.2) is 42.5 Å². The van der Waals surface area contributed by atoms with E-state index in [4.69, 9.17) is 9.84 Å². The van der Waals surface area contributed by atoms with Crippen molar-refractivity contribution in [1.82, 2.24) is 0 Å². The topological polar surface area (TPSA) is 89.7 Å². The largest absolute Gasteiger partial charge is 0.477 e. The average Bonchev–Trinajstić information content (AvgIpc) is 2.46. The van der Waals surface area contributed by atoms with Gasteiger partial charge in [0.25, 0.3) is 0 Å². The maximum Gasteiger partial charge on any atom is 0.419 e. The van der Waals surface area contributed by atoms with Gasteiger partial charge in [0.05, 0.1) is 10.5 Å². The highest BCUT2D eigenvalue weighted by molar-refractivity contribution is 5.93. The molecule has 0 amide bonds. The first-order chi connectivity index (χ1) is 10.7. The molecule has 0 radical (unpaired) electrons. The fraction of sp³-hybridized carbons (Fsp3) is 0.0714. The minimum absolute atomic E-state index is 0.591. The van der Waals surface area contributed by atoms with Crippen LogP contribution in [0.3, 0.4) is 0 Å². The van der Waals surface area contributed by atoms with Crippen LogP contribution >= 0.6 is 0 Å². The third kappa shape index (κ3) is 3.39. The number of nitro benzene ring substituents is 1. The van der Waals surface area contributed by atoms with Gasteiger partial charge in [0.1, 0.15) is 11.3 Å². The summed E-state index contributed by atoms with van der Waals surface area (Å²) < 4.78 is 43.7. The Kier molecular flexibility index (Phi) is 4.21. The number of halogens is 3. The molecule has 1 N–H and O–H groups in total. The minimum atomic E-state index is -4.73. The van der Waals surface area contributed by atoms with Crippen LogP contribution in [0.25, 0.3) is 0 Å². The summed E-state index contributed by atoms with van der Waals surface area (Å²) in [7, 11) is 0. The number of ether oxygens (including phenoxy) is 1. The summed E-state index contributed by atoms with van der Waals surface area (Å²) >= 11 is 0. The van der Waals surface area contributed by atoms with Crippen LogP contribution in [0.1, 0.15) is 15.9 Å². The molecule has 0 aliphatic heterocycles. The zero-order valence-corrected chi connectivity index (χ0v) is 11.2. The Morgan fingerprint density at radius 1 is 1.09 bits per heavy atom. The molecule has 0 saturated heterocycles. The van der Waals surface area contributed by atoms with Gasteiger partial charge in [-0.2, -0.15) is 13.2 Å². The molecule has 0 aliphatic carbocycles. The Morgan fingerprint density at radius 3 is 2.26 bits per heavy atom. The van der Waals surface area contributed by atoms with E-state index in [1.165, 1.54) is 6.07 Å². The van der Waals surface area contributed by atoms with Crippen LogP contribution in [-0.4, -0.2) is 16.0 Å². The normalized spacial score (nSPS) is 11.1. The highest BCUT2D eigenvalue weighted by Crippen LogP contribution is 2.40. The molecular formula is C14H8F3NO5. The van der Waals surface area contributed by atoms with Gasteiger partial charge in [-0.3, -0.25) is 10.1 Å². The number of aromatic carboxylic acids is 1. The predicted molar refractivity (Wildman–Crippen MR) is 71.6 cm³/mol. The summed E-state index contributed by atoms with van der Waals surface area (Å²) in [5.41, 5.74) is -2.73. The van der Waals surface area contributed by atoms with Crippen molar-refractivity contribution in [2.45, 2.75) is 6.18 Å². The lowest BCUT2D eigenvalue weighted by Crippen LogP contribution is -2.08. The van der Waals surface area contributed by atoms with E-state index in [1.807, 2.05) is 0 Å². The number of benzene rings is 2. The number of carbonyl (C=O) groups is 1. The van der Waals surface area contributed by atoms with Crippen molar-refractivity contribution in [3.63, 3.8) is 0 Å². The van der Waals surface area contributed by atoms with Crippen molar-refractivity contribution in [3.8, 4) is 11.5 Å². The molecule has 0 saturated carbocycles. The minimum Gasteiger partial charge on any atom is -0.477 e. The second kappa shape index (κ2) is 5.95. The molecular weight excluding hydrogens is 319 g/mol. The molecule has 120 valence electrons. The lowest BCUT2D eigenvalue weighted by molar-refractivity contribution is -0.386. The van der Waals surface area contributed by atoms with Gasteiger partial charge >= 0.3 is 17.8 Å². The van der Waals surface area contributed by atoms with E-state index in [0.717, 1.165) is 36.4 Å². The van der Waals surface area contributed by atoms with Gasteiger partial charge in [-0.05, 0) is 24.3 Å². The van der Waals surface area contributed by atoms with Gasteiger partial charge in [-0.1, -0.05) is 18.2 Å². The maximum absolute atomic E-state index is 12.9. The fourth-order valence-corrected chi connectivity index (χ4v) is 1.87. The molecule has 0 bridgehead atoms. The Labute approximate surface area is 126 Å². The molecule has 23 heavy (non-hydrogen) atoms. The average molecular weight is 327 g/mol. The highest BCUT2D eigenvalue weighted by atomic mass is 19.4. The summed E-state index contributed by atoms with van der Waals surface area (Å²) in [5, 5.41) is 20.0. The van der Waals surface area contributed by atoms with Crippen molar-refractivity contribution in [1.29, 1.82) is 0 Å². The lowest BCUT2D eigenvalue weighted by Gasteiger charge is -2.13. The second-order valence-corrected chi connectivity index (χ2v) is 4.31. The summed E-state index contributed by atoms with van der Waals surface area (Å²) in [5.74, 6) is -2.84. The molecule has 0 aliphatic rings. The Morgan fingerprint density at radius 2 is 1.70 bits per heavy atom. The summed E-state index contributed by atoms with van der Waals surface area (Å²) in [6, 6.07) is 7.26. The van der Waals surface area contributed by atoms with Gasteiger partial charge in [0, 0.05) is 0 Å². The summed E-state index contributed by atoms with van der Waals surface area (Å²) in [6.07, 6.45) is -4.73. The Bertz CT molecular complexity index is 773. The van der Waals surface area contributed by atoms with Crippen LogP contribution in [-0.2, 0) is 6.18 Å². The van der Waals surface area contributed by atoms with Crippen molar-refractivity contribution >= 4 is 11.7 Å². The molecule has 9 heteroatoms. The third-order valence-corrected chi connectivity index (χ3v) is 2.82. The number of nitrogens with zero attached hydrogens (tertiary/aromatic N) is 1. The SMILES string of the molecule is O=C(O)c1cccc(Oc2ccccc2C(F)(F)F)c1[N+](=O)[O-]. The molecule has 2 aromatic rings. The monoisotopic (exact) mass is 327 g/mol. The Balaban J connectivity index is 2.56. The standard InChI is InChI=1S/C14H8F3NO5/c15-14(16,17)9-5-1-2-6-10(9)23-11-7-3-4-8(13(19)20)12(11)18(21)22/h1-7H,(H,19,20). The fourth-order valence-electron chi connectivity index (χ4n) is 1.87. The van der Waals surface area contributed by atoms with E-state index in [9.17, 15) is 28.1 Å². The van der Waals surface area contributed by atoms with Crippen LogP contribution < -0.4 is 4.74 Å². The zero-order valence-electron chi connectivity index (χ0n) is 11.2. The van der Waals surface area contributed by atoms with Gasteiger partial charge < -0.3 is 9.84 Å². The first kappa shape index (κ1) is 16.3. The lowest BCUT2D eigenvalue weighted by atomic mass is 10.1. The summed E-state index contributed by atoms with van der Waals surface area (Å²) in [4.78, 5) is 21.1. The molecule has 0 heterocycles. The van der Waals surface area contributed by atoms with Crippen molar-refractivity contribution < 1.29 is 32.7 Å². The van der Waals surface area contributed by atoms with E-state index in [0.29, 0.717) is 0 Å². The number of carboxylic acids is 1. The molecule has 0 spiro atoms. The number of carboxylic acid groups (broad SMARTS) is 1. The van der Waals surface area contributed by atoms with E-state index in [2.05, 4.69) is 0 Å². The quantitative estimate of drug-likeness (QED) is 0.674. The van der Waals surface area contributed by atoms with Crippen molar-refractivity contribution in [3.05, 3.63) is 63.7 Å². The van der Waals surface area contributed by atoms with Crippen LogP contribution in [0.2, 0.25) is 0 Å². The summed E-state index contributed by atoms with van der Waals surface area (Å²) in [6.45, 7) is 0. The van der Waals surface area contributed by atoms with Crippen molar-refractivity contribution in [2.24, 2.45) is 0 Å². The predicted octanol–water partition coefficient (Wildman–Crippen LogP) is 4.10. The molecule has 2 aromatic carbocycles. The number of hydrogen-bond donors (Lipinski definition) is 1. The van der Waals surface area contributed by atoms with Crippen LogP contribution in [0.5, 0.6) is 11.5 Å². The smallest absolute Gasteiger partial charge is 0.419 e. The Hall–Kier alpha value is -3.10. The molecule has 6 nitrogen and oxygen atoms in total. The number of alkyl halides is 3.